The highest BCUT2D eigenvalue weighted by molar-refractivity contribution is 6.31. The van der Waals surface area contributed by atoms with Crippen molar-refractivity contribution in [2.45, 2.75) is 38.1 Å². The van der Waals surface area contributed by atoms with E-state index in [1.807, 2.05) is 0 Å². The highest BCUT2D eigenvalue weighted by Gasteiger charge is 2.23. The molecule has 1 aromatic carbocycles. The second-order valence-electron chi connectivity index (χ2n) is 4.59. The number of nitrogens with two attached hydrogens (primary N) is 1. The molecule has 0 radical (unpaired) electrons. The Labute approximate surface area is 113 Å². The molecular weight excluding hydrogens is 260 g/mol. The number of hydrogen-bond acceptors (Lipinski definition) is 1. The van der Waals surface area contributed by atoms with E-state index in [4.69, 9.17) is 17.3 Å². The summed E-state index contributed by atoms with van der Waals surface area (Å²) in [7, 11) is 0. The third kappa shape index (κ3) is 3.57. The predicted octanol–water partition coefficient (Wildman–Crippen LogP) is 4.48. The van der Waals surface area contributed by atoms with Crippen LogP contribution in [0.5, 0.6) is 0 Å². The van der Waals surface area contributed by atoms with E-state index < -0.39 is 0 Å². The lowest BCUT2D eigenvalue weighted by Gasteiger charge is -2.28. The minimum Gasteiger partial charge on any atom is -0.324 e. The van der Waals surface area contributed by atoms with E-state index in [9.17, 15) is 4.39 Å². The summed E-state index contributed by atoms with van der Waals surface area (Å²) in [6.07, 6.45) is 6.12. The van der Waals surface area contributed by atoms with Crippen LogP contribution in [0.2, 0.25) is 5.02 Å². The second kappa shape index (κ2) is 6.58. The minimum absolute atomic E-state index is 0. The smallest absolute Gasteiger partial charge is 0.124 e. The molecule has 2 rings (SSSR count). The van der Waals surface area contributed by atoms with Gasteiger partial charge in [0.05, 0.1) is 0 Å². The molecule has 17 heavy (non-hydrogen) atoms. The highest BCUT2D eigenvalue weighted by atomic mass is 35.5. The van der Waals surface area contributed by atoms with Gasteiger partial charge in [-0.15, -0.1) is 12.4 Å². The summed E-state index contributed by atoms with van der Waals surface area (Å²) in [5, 5.41) is 0.457. The first kappa shape index (κ1) is 14.7. The first-order valence-corrected chi connectivity index (χ1v) is 6.27. The average Bonchev–Trinajstić information content (AvgIpc) is 2.29. The van der Waals surface area contributed by atoms with Gasteiger partial charge in [0, 0.05) is 11.1 Å². The van der Waals surface area contributed by atoms with Crippen LogP contribution in [0.1, 0.15) is 43.7 Å². The van der Waals surface area contributed by atoms with Gasteiger partial charge in [-0.1, -0.05) is 36.9 Å². The Bertz CT molecular complexity index is 364. The second-order valence-corrected chi connectivity index (χ2v) is 5.00. The van der Waals surface area contributed by atoms with E-state index in [2.05, 4.69) is 0 Å². The van der Waals surface area contributed by atoms with Crippen molar-refractivity contribution in [3.8, 4) is 0 Å². The summed E-state index contributed by atoms with van der Waals surface area (Å²) in [6.45, 7) is 0. The van der Waals surface area contributed by atoms with Crippen LogP contribution < -0.4 is 5.73 Å². The molecule has 0 aliphatic heterocycles. The van der Waals surface area contributed by atoms with E-state index in [-0.39, 0.29) is 24.3 Å². The monoisotopic (exact) mass is 277 g/mol. The van der Waals surface area contributed by atoms with Gasteiger partial charge in [-0.25, -0.2) is 4.39 Å². The average molecular weight is 278 g/mol. The molecule has 1 nitrogen and oxygen atoms in total. The minimum atomic E-state index is -0.301. The van der Waals surface area contributed by atoms with Crippen LogP contribution in [-0.4, -0.2) is 0 Å². The van der Waals surface area contributed by atoms with Crippen molar-refractivity contribution in [1.82, 2.24) is 0 Å². The van der Waals surface area contributed by atoms with Crippen molar-refractivity contribution < 1.29 is 4.39 Å². The lowest BCUT2D eigenvalue weighted by atomic mass is 9.81. The fraction of sp³-hybridized carbons (Fsp3) is 0.538. The molecule has 0 heterocycles. The molecule has 96 valence electrons. The number of halogens is 3. The Kier molecular flexibility index (Phi) is 5.71. The van der Waals surface area contributed by atoms with Gasteiger partial charge in [-0.3, -0.25) is 0 Å². The van der Waals surface area contributed by atoms with E-state index in [1.165, 1.54) is 31.4 Å². The molecule has 1 aromatic rings. The SMILES string of the molecule is Cl.N[C@@H](c1ccc(F)cc1Cl)C1CCCCC1. The van der Waals surface area contributed by atoms with E-state index in [0.717, 1.165) is 18.4 Å². The third-order valence-electron chi connectivity index (χ3n) is 3.48. The molecular formula is C13H18Cl2FN. The van der Waals surface area contributed by atoms with Crippen LogP contribution in [0.4, 0.5) is 4.39 Å². The van der Waals surface area contributed by atoms with E-state index in [0.29, 0.717) is 10.9 Å². The van der Waals surface area contributed by atoms with Gasteiger partial charge in [0.25, 0.3) is 0 Å². The van der Waals surface area contributed by atoms with Gasteiger partial charge < -0.3 is 5.73 Å². The zero-order valence-electron chi connectivity index (χ0n) is 9.66. The standard InChI is InChI=1S/C13H17ClFN.ClH/c14-12-8-10(15)6-7-11(12)13(16)9-4-2-1-3-5-9;/h6-9,13H,1-5,16H2;1H/t13-;/m1./s1. The summed E-state index contributed by atoms with van der Waals surface area (Å²) < 4.78 is 12.9. The van der Waals surface area contributed by atoms with Crippen molar-refractivity contribution in [3.63, 3.8) is 0 Å². The Morgan fingerprint density at radius 3 is 2.47 bits per heavy atom. The first-order chi connectivity index (χ1) is 7.68. The predicted molar refractivity (Wildman–Crippen MR) is 72.2 cm³/mol. The van der Waals surface area contributed by atoms with Gasteiger partial charge in [-0.2, -0.15) is 0 Å². The molecule has 1 fully saturated rings. The fourth-order valence-corrected chi connectivity index (χ4v) is 2.81. The van der Waals surface area contributed by atoms with Gasteiger partial charge in [0.1, 0.15) is 5.82 Å². The molecule has 1 aliphatic rings. The zero-order chi connectivity index (χ0) is 11.5. The molecule has 2 N–H and O–H groups in total. The van der Waals surface area contributed by atoms with E-state index >= 15 is 0 Å². The van der Waals surface area contributed by atoms with Gasteiger partial charge in [0.2, 0.25) is 0 Å². The van der Waals surface area contributed by atoms with Gasteiger partial charge in [0.15, 0.2) is 0 Å². The maximum absolute atomic E-state index is 12.9. The molecule has 1 atom stereocenters. The molecule has 1 aliphatic carbocycles. The van der Waals surface area contributed by atoms with Crippen molar-refractivity contribution >= 4 is 24.0 Å². The molecule has 4 heteroatoms. The summed E-state index contributed by atoms with van der Waals surface area (Å²) in [6, 6.07) is 4.45. The quantitative estimate of drug-likeness (QED) is 0.848. The van der Waals surface area contributed by atoms with Crippen LogP contribution in [0.15, 0.2) is 18.2 Å². The first-order valence-electron chi connectivity index (χ1n) is 5.89. The van der Waals surface area contributed by atoms with Crippen LogP contribution in [-0.2, 0) is 0 Å². The Hall–Kier alpha value is -0.310. The number of benzene rings is 1. The number of hydrogen-bond donors (Lipinski definition) is 1. The van der Waals surface area contributed by atoms with Crippen LogP contribution in [0, 0.1) is 11.7 Å². The molecule has 0 aromatic heterocycles. The molecule has 0 unspecified atom stereocenters. The summed E-state index contributed by atoms with van der Waals surface area (Å²) >= 11 is 6.02. The largest absolute Gasteiger partial charge is 0.324 e. The maximum Gasteiger partial charge on any atom is 0.124 e. The summed E-state index contributed by atoms with van der Waals surface area (Å²) in [5.74, 6) is 0.196. The molecule has 1 saturated carbocycles. The summed E-state index contributed by atoms with van der Waals surface area (Å²) in [5.41, 5.74) is 7.10. The lowest BCUT2D eigenvalue weighted by molar-refractivity contribution is 0.308. The van der Waals surface area contributed by atoms with Gasteiger partial charge >= 0.3 is 0 Å². The third-order valence-corrected chi connectivity index (χ3v) is 3.81. The normalized spacial score (nSPS) is 18.5. The molecule has 0 amide bonds. The van der Waals surface area contributed by atoms with Crippen LogP contribution in [0.3, 0.4) is 0 Å². The molecule has 0 spiro atoms. The summed E-state index contributed by atoms with van der Waals surface area (Å²) in [4.78, 5) is 0. The van der Waals surface area contributed by atoms with Crippen LogP contribution >= 0.6 is 24.0 Å². The van der Waals surface area contributed by atoms with E-state index in [1.54, 1.807) is 6.07 Å². The Morgan fingerprint density at radius 2 is 1.88 bits per heavy atom. The Morgan fingerprint density at radius 1 is 1.24 bits per heavy atom. The van der Waals surface area contributed by atoms with Crippen molar-refractivity contribution in [2.24, 2.45) is 11.7 Å². The maximum atomic E-state index is 12.9. The Balaban J connectivity index is 0.00000144. The van der Waals surface area contributed by atoms with Crippen molar-refractivity contribution in [3.05, 3.63) is 34.6 Å². The number of rotatable bonds is 2. The zero-order valence-corrected chi connectivity index (χ0v) is 11.2. The van der Waals surface area contributed by atoms with Crippen molar-refractivity contribution in [1.29, 1.82) is 0 Å². The highest BCUT2D eigenvalue weighted by Crippen LogP contribution is 2.35. The topological polar surface area (TPSA) is 26.0 Å². The van der Waals surface area contributed by atoms with Crippen LogP contribution in [0.25, 0.3) is 0 Å². The van der Waals surface area contributed by atoms with Crippen molar-refractivity contribution in [2.75, 3.05) is 0 Å². The molecule has 0 bridgehead atoms. The fourth-order valence-electron chi connectivity index (χ4n) is 2.52. The molecule has 0 saturated heterocycles. The lowest BCUT2D eigenvalue weighted by Crippen LogP contribution is -2.23. The van der Waals surface area contributed by atoms with Gasteiger partial charge in [-0.05, 0) is 36.5 Å².